The number of anilines is 1. The third-order valence-electron chi connectivity index (χ3n) is 4.68. The first kappa shape index (κ1) is 16.3. The molecule has 0 aliphatic carbocycles. The highest BCUT2D eigenvalue weighted by molar-refractivity contribution is 5.95. The molecule has 1 atom stereocenters. The van der Waals surface area contributed by atoms with Crippen molar-refractivity contribution in [3.63, 3.8) is 0 Å². The summed E-state index contributed by atoms with van der Waals surface area (Å²) in [7, 11) is 2.06. The Bertz CT molecular complexity index is 770. The quantitative estimate of drug-likeness (QED) is 0.939. The fourth-order valence-electron chi connectivity index (χ4n) is 3.36. The molecule has 5 nitrogen and oxygen atoms in total. The first-order chi connectivity index (χ1) is 11.6. The largest absolute Gasteiger partial charge is 0.373 e. The highest BCUT2D eigenvalue weighted by Crippen LogP contribution is 2.23. The van der Waals surface area contributed by atoms with Crippen LogP contribution in [0.2, 0.25) is 0 Å². The summed E-state index contributed by atoms with van der Waals surface area (Å²) in [6.07, 6.45) is 3.56. The number of aromatic amines is 1. The molecule has 0 unspecified atom stereocenters. The number of nitrogens with zero attached hydrogens (tertiary/aromatic N) is 2. The van der Waals surface area contributed by atoms with E-state index >= 15 is 0 Å². The first-order valence-electron chi connectivity index (χ1n) is 8.33. The number of aryl methyl sites for hydroxylation is 1. The van der Waals surface area contributed by atoms with Gasteiger partial charge in [0.25, 0.3) is 5.91 Å². The van der Waals surface area contributed by atoms with E-state index in [4.69, 9.17) is 0 Å². The lowest BCUT2D eigenvalue weighted by Gasteiger charge is -2.30. The molecular weight excluding hydrogens is 302 g/mol. The number of hydrogen-bond donors (Lipinski definition) is 1. The van der Waals surface area contributed by atoms with Gasteiger partial charge in [-0.05, 0) is 37.5 Å². The van der Waals surface area contributed by atoms with Crippen LogP contribution in [0, 0.1) is 6.92 Å². The highest BCUT2D eigenvalue weighted by atomic mass is 16.2. The molecular formula is C19H23N3O2. The normalized spacial score (nSPS) is 17.1. The summed E-state index contributed by atoms with van der Waals surface area (Å²) in [6.45, 7) is 3.38. The van der Waals surface area contributed by atoms with E-state index in [-0.39, 0.29) is 17.5 Å². The summed E-state index contributed by atoms with van der Waals surface area (Å²) in [5.41, 5.74) is 2.29. The topological polar surface area (TPSA) is 56.4 Å². The summed E-state index contributed by atoms with van der Waals surface area (Å²) >= 11 is 0. The van der Waals surface area contributed by atoms with Crippen LogP contribution in [0.5, 0.6) is 0 Å². The van der Waals surface area contributed by atoms with Gasteiger partial charge in [-0.25, -0.2) is 0 Å². The van der Waals surface area contributed by atoms with Gasteiger partial charge in [-0.1, -0.05) is 18.2 Å². The lowest BCUT2D eigenvalue weighted by Crippen LogP contribution is -2.42. The van der Waals surface area contributed by atoms with E-state index in [0.29, 0.717) is 5.56 Å². The smallest absolute Gasteiger partial charge is 0.255 e. The summed E-state index contributed by atoms with van der Waals surface area (Å²) in [4.78, 5) is 31.0. The minimum atomic E-state index is -0.175. The number of hydrogen-bond acceptors (Lipinski definition) is 3. The van der Waals surface area contributed by atoms with Crippen molar-refractivity contribution in [2.45, 2.75) is 25.8 Å². The molecule has 1 N–H and O–H groups in total. The summed E-state index contributed by atoms with van der Waals surface area (Å²) < 4.78 is 0. The third-order valence-corrected chi connectivity index (χ3v) is 4.68. The Morgan fingerprint density at radius 1 is 1.33 bits per heavy atom. The number of carbonyl (C=O) groups is 1. The van der Waals surface area contributed by atoms with Crippen LogP contribution in [0.15, 0.2) is 47.4 Å². The predicted octanol–water partition coefficient (Wildman–Crippen LogP) is 2.42. The number of pyridine rings is 1. The van der Waals surface area contributed by atoms with Crippen LogP contribution in [0.1, 0.15) is 28.8 Å². The van der Waals surface area contributed by atoms with Crippen molar-refractivity contribution in [1.82, 2.24) is 9.88 Å². The average molecular weight is 325 g/mol. The van der Waals surface area contributed by atoms with Crippen LogP contribution < -0.4 is 10.5 Å². The van der Waals surface area contributed by atoms with Gasteiger partial charge in [-0.3, -0.25) is 9.59 Å². The van der Waals surface area contributed by atoms with Gasteiger partial charge < -0.3 is 14.8 Å². The molecule has 1 aromatic heterocycles. The molecule has 1 aromatic carbocycles. The average Bonchev–Trinajstić information content (AvgIpc) is 3.03. The Labute approximate surface area is 141 Å². The molecule has 1 fully saturated rings. The first-order valence-corrected chi connectivity index (χ1v) is 8.33. The van der Waals surface area contributed by atoms with E-state index in [9.17, 15) is 9.59 Å². The van der Waals surface area contributed by atoms with E-state index in [1.54, 1.807) is 0 Å². The van der Waals surface area contributed by atoms with Crippen LogP contribution in [0.4, 0.5) is 5.69 Å². The van der Waals surface area contributed by atoms with Gasteiger partial charge in [0.05, 0.1) is 5.56 Å². The maximum absolute atomic E-state index is 12.9. The molecule has 2 aromatic rings. The fraction of sp³-hybridized carbons (Fsp3) is 0.368. The van der Waals surface area contributed by atoms with E-state index in [1.807, 2.05) is 30.0 Å². The van der Waals surface area contributed by atoms with Crippen molar-refractivity contribution < 1.29 is 4.79 Å². The zero-order chi connectivity index (χ0) is 17.1. The molecule has 126 valence electrons. The number of aromatic nitrogens is 1. The van der Waals surface area contributed by atoms with Crippen molar-refractivity contribution in [1.29, 1.82) is 0 Å². The number of carbonyl (C=O) groups excluding carboxylic acids is 1. The van der Waals surface area contributed by atoms with Gasteiger partial charge in [0.1, 0.15) is 0 Å². The summed E-state index contributed by atoms with van der Waals surface area (Å²) in [5, 5.41) is 0. The van der Waals surface area contributed by atoms with Gasteiger partial charge in [-0.2, -0.15) is 0 Å². The molecule has 5 heteroatoms. The number of para-hydroxylation sites is 1. The van der Waals surface area contributed by atoms with Gasteiger partial charge in [0.2, 0.25) is 5.56 Å². The second-order valence-corrected chi connectivity index (χ2v) is 6.40. The van der Waals surface area contributed by atoms with Crippen molar-refractivity contribution in [2.24, 2.45) is 0 Å². The molecule has 1 amide bonds. The van der Waals surface area contributed by atoms with Gasteiger partial charge in [0.15, 0.2) is 0 Å². The number of likely N-dealkylation sites (N-methyl/N-ethyl adjacent to an activating group) is 1. The van der Waals surface area contributed by atoms with E-state index in [0.717, 1.165) is 37.2 Å². The predicted molar refractivity (Wildman–Crippen MR) is 95.6 cm³/mol. The number of likely N-dealkylation sites (tertiary alicyclic amines) is 1. The Morgan fingerprint density at radius 2 is 2.08 bits per heavy atom. The van der Waals surface area contributed by atoms with E-state index < -0.39 is 0 Å². The maximum atomic E-state index is 12.9. The van der Waals surface area contributed by atoms with Crippen LogP contribution in [0.25, 0.3) is 0 Å². The number of benzene rings is 1. The van der Waals surface area contributed by atoms with Crippen molar-refractivity contribution in [3.05, 3.63) is 64.1 Å². The second kappa shape index (κ2) is 6.91. The SMILES string of the molecule is Cc1cc(=O)[nH]cc1C(=O)N1CCC[C@H]1CN(C)c1ccccc1. The molecule has 3 rings (SSSR count). The third kappa shape index (κ3) is 3.35. The van der Waals surface area contributed by atoms with Crippen molar-refractivity contribution in [3.8, 4) is 0 Å². The molecule has 0 spiro atoms. The molecule has 1 aliphatic heterocycles. The zero-order valence-electron chi connectivity index (χ0n) is 14.2. The highest BCUT2D eigenvalue weighted by Gasteiger charge is 2.31. The number of nitrogens with one attached hydrogen (secondary N) is 1. The van der Waals surface area contributed by atoms with Crippen LogP contribution in [-0.2, 0) is 0 Å². The van der Waals surface area contributed by atoms with E-state index in [2.05, 4.69) is 29.1 Å². The lowest BCUT2D eigenvalue weighted by atomic mass is 10.1. The number of rotatable bonds is 4. The Kier molecular flexibility index (Phi) is 4.69. The Balaban J connectivity index is 1.75. The summed E-state index contributed by atoms with van der Waals surface area (Å²) in [6, 6.07) is 11.9. The van der Waals surface area contributed by atoms with Crippen molar-refractivity contribution >= 4 is 11.6 Å². The zero-order valence-corrected chi connectivity index (χ0v) is 14.2. The molecule has 0 radical (unpaired) electrons. The minimum Gasteiger partial charge on any atom is -0.373 e. The van der Waals surface area contributed by atoms with Crippen LogP contribution in [0.3, 0.4) is 0 Å². The van der Waals surface area contributed by atoms with Crippen molar-refractivity contribution in [2.75, 3.05) is 25.0 Å². The van der Waals surface area contributed by atoms with Gasteiger partial charge >= 0.3 is 0 Å². The second-order valence-electron chi connectivity index (χ2n) is 6.40. The summed E-state index contributed by atoms with van der Waals surface area (Å²) in [5.74, 6) is 0.00714. The Hall–Kier alpha value is -2.56. The Morgan fingerprint density at radius 3 is 2.79 bits per heavy atom. The van der Waals surface area contributed by atoms with Crippen LogP contribution in [-0.4, -0.2) is 42.0 Å². The molecule has 1 saturated heterocycles. The number of H-pyrrole nitrogens is 1. The molecule has 0 bridgehead atoms. The molecule has 2 heterocycles. The molecule has 24 heavy (non-hydrogen) atoms. The standard InChI is InChI=1S/C19H23N3O2/c1-14-11-18(23)20-12-17(14)19(24)22-10-6-9-16(22)13-21(2)15-7-4-3-5-8-15/h3-5,7-8,11-12,16H,6,9-10,13H2,1-2H3,(H,20,23)/t16-/m0/s1. The van der Waals surface area contributed by atoms with E-state index in [1.165, 1.54) is 12.3 Å². The number of amides is 1. The molecule has 1 aliphatic rings. The molecule has 0 saturated carbocycles. The fourth-order valence-corrected chi connectivity index (χ4v) is 3.36. The monoisotopic (exact) mass is 325 g/mol. The van der Waals surface area contributed by atoms with Gasteiger partial charge in [0, 0.05) is 44.1 Å². The minimum absolute atomic E-state index is 0.00714. The lowest BCUT2D eigenvalue weighted by molar-refractivity contribution is 0.0739. The van der Waals surface area contributed by atoms with Crippen LogP contribution >= 0.6 is 0 Å². The maximum Gasteiger partial charge on any atom is 0.255 e. The van der Waals surface area contributed by atoms with Gasteiger partial charge in [-0.15, -0.1) is 0 Å².